The fraction of sp³-hybridized carbons (Fsp3) is 0.250. The van der Waals surface area contributed by atoms with Crippen molar-refractivity contribution in [2.45, 2.75) is 6.92 Å². The Hall–Kier alpha value is -0.373. The molecule has 10 heavy (non-hydrogen) atoms. The molecule has 1 aromatic heterocycles. The van der Waals surface area contributed by atoms with Gasteiger partial charge < -0.3 is 9.90 Å². The van der Waals surface area contributed by atoms with Gasteiger partial charge in [0.25, 0.3) is 0 Å². The van der Waals surface area contributed by atoms with Crippen molar-refractivity contribution in [3.05, 3.63) is 10.0 Å². The molecular formula is C4H3LiN2O2S. The molecule has 4 nitrogen and oxygen atoms in total. The van der Waals surface area contributed by atoms with E-state index in [0.717, 1.165) is 11.3 Å². The van der Waals surface area contributed by atoms with Gasteiger partial charge >= 0.3 is 18.9 Å². The zero-order chi connectivity index (χ0) is 6.85. The van der Waals surface area contributed by atoms with Crippen LogP contribution in [0.15, 0.2) is 0 Å². The van der Waals surface area contributed by atoms with E-state index in [-0.39, 0.29) is 23.9 Å². The number of hydrogen-bond donors (Lipinski definition) is 0. The van der Waals surface area contributed by atoms with Crippen LogP contribution in [0.3, 0.4) is 0 Å². The maximum Gasteiger partial charge on any atom is 1.00 e. The summed E-state index contributed by atoms with van der Waals surface area (Å²) in [5, 5.41) is 17.4. The molecule has 0 saturated heterocycles. The Bertz CT molecular complexity index is 237. The van der Waals surface area contributed by atoms with E-state index in [4.69, 9.17) is 0 Å². The van der Waals surface area contributed by atoms with Crippen LogP contribution in [0.2, 0.25) is 0 Å². The minimum Gasteiger partial charge on any atom is -0.542 e. The number of carboxylic acids is 1. The molecule has 0 aliphatic heterocycles. The zero-order valence-corrected chi connectivity index (χ0v) is 6.44. The van der Waals surface area contributed by atoms with Gasteiger partial charge in [0.15, 0.2) is 5.01 Å². The van der Waals surface area contributed by atoms with E-state index < -0.39 is 5.97 Å². The fourth-order valence-corrected chi connectivity index (χ4v) is 0.906. The second-order valence-corrected chi connectivity index (χ2v) is 2.60. The minimum atomic E-state index is -1.26. The summed E-state index contributed by atoms with van der Waals surface area (Å²) < 4.78 is 0. The number of nitrogens with zero attached hydrogens (tertiary/aromatic N) is 2. The molecule has 48 valence electrons. The molecule has 0 spiro atoms. The van der Waals surface area contributed by atoms with Gasteiger partial charge in [-0.05, 0) is 6.92 Å². The van der Waals surface area contributed by atoms with E-state index in [1.54, 1.807) is 6.92 Å². The molecule has 1 heterocycles. The third-order valence-corrected chi connectivity index (χ3v) is 1.52. The first-order chi connectivity index (χ1) is 4.20. The van der Waals surface area contributed by atoms with Crippen LogP contribution in [-0.4, -0.2) is 16.2 Å². The quantitative estimate of drug-likeness (QED) is 0.385. The van der Waals surface area contributed by atoms with Crippen LogP contribution >= 0.6 is 11.3 Å². The van der Waals surface area contributed by atoms with Gasteiger partial charge in [-0.3, -0.25) is 0 Å². The van der Waals surface area contributed by atoms with Crippen molar-refractivity contribution in [3.8, 4) is 0 Å². The Kier molecular flexibility index (Phi) is 3.57. The van der Waals surface area contributed by atoms with Crippen molar-refractivity contribution in [2.24, 2.45) is 0 Å². The number of carbonyl (C=O) groups is 1. The Labute approximate surface area is 73.5 Å². The average Bonchev–Trinajstić information content (AvgIpc) is 2.14. The largest absolute Gasteiger partial charge is 1.00 e. The second-order valence-electron chi connectivity index (χ2n) is 1.41. The second kappa shape index (κ2) is 3.71. The normalized spacial score (nSPS) is 8.50. The Balaban J connectivity index is 0.000000810. The van der Waals surface area contributed by atoms with Crippen molar-refractivity contribution < 1.29 is 28.8 Å². The SMILES string of the molecule is Cc1nnc(C(=O)[O-])s1.[Li+]. The van der Waals surface area contributed by atoms with Gasteiger partial charge in [0.1, 0.15) is 11.0 Å². The van der Waals surface area contributed by atoms with E-state index in [0.29, 0.717) is 5.01 Å². The molecule has 0 bridgehead atoms. The number of aromatic nitrogens is 2. The fourth-order valence-electron chi connectivity index (χ4n) is 0.379. The summed E-state index contributed by atoms with van der Waals surface area (Å²) in [7, 11) is 0. The summed E-state index contributed by atoms with van der Waals surface area (Å²) in [5.41, 5.74) is 0. The number of aryl methyl sites for hydroxylation is 1. The van der Waals surface area contributed by atoms with Gasteiger partial charge in [-0.2, -0.15) is 0 Å². The summed E-state index contributed by atoms with van der Waals surface area (Å²) >= 11 is 1.01. The predicted octanol–water partition coefficient (Wildman–Crippen LogP) is -3.79. The van der Waals surface area contributed by atoms with Gasteiger partial charge in [-0.1, -0.05) is 11.3 Å². The first-order valence-corrected chi connectivity index (χ1v) is 3.03. The number of carbonyl (C=O) groups excluding carboxylic acids is 1. The molecule has 6 heteroatoms. The number of carboxylic acid groups (broad SMARTS) is 1. The predicted molar refractivity (Wildman–Crippen MR) is 29.0 cm³/mol. The van der Waals surface area contributed by atoms with Crippen LogP contribution in [0.4, 0.5) is 0 Å². The summed E-state index contributed by atoms with van der Waals surface area (Å²) in [5.74, 6) is -1.26. The monoisotopic (exact) mass is 150 g/mol. The van der Waals surface area contributed by atoms with Crippen LogP contribution in [-0.2, 0) is 0 Å². The first kappa shape index (κ1) is 9.63. The van der Waals surface area contributed by atoms with Crippen LogP contribution in [0.1, 0.15) is 14.8 Å². The molecule has 1 aromatic rings. The van der Waals surface area contributed by atoms with E-state index in [9.17, 15) is 9.90 Å². The van der Waals surface area contributed by atoms with E-state index in [2.05, 4.69) is 10.2 Å². The van der Waals surface area contributed by atoms with Crippen molar-refractivity contribution in [3.63, 3.8) is 0 Å². The molecule has 0 fully saturated rings. The summed E-state index contributed by atoms with van der Waals surface area (Å²) in [6.45, 7) is 1.68. The molecule has 0 amide bonds. The Morgan fingerprint density at radius 2 is 2.20 bits per heavy atom. The summed E-state index contributed by atoms with van der Waals surface area (Å²) in [4.78, 5) is 10.0. The van der Waals surface area contributed by atoms with Gasteiger partial charge in [-0.25, -0.2) is 0 Å². The maximum absolute atomic E-state index is 10.0. The molecule has 1 rings (SSSR count). The third-order valence-electron chi connectivity index (χ3n) is 0.701. The first-order valence-electron chi connectivity index (χ1n) is 2.21. The Morgan fingerprint density at radius 3 is 2.40 bits per heavy atom. The molecule has 0 radical (unpaired) electrons. The van der Waals surface area contributed by atoms with Crippen molar-refractivity contribution in [2.75, 3.05) is 0 Å². The van der Waals surface area contributed by atoms with Gasteiger partial charge in [0.2, 0.25) is 0 Å². The van der Waals surface area contributed by atoms with Crippen LogP contribution in [0, 0.1) is 6.92 Å². The van der Waals surface area contributed by atoms with E-state index in [1.165, 1.54) is 0 Å². The molecule has 0 atom stereocenters. The number of rotatable bonds is 1. The molecule has 0 aliphatic carbocycles. The van der Waals surface area contributed by atoms with Crippen LogP contribution in [0.5, 0.6) is 0 Å². The Morgan fingerprint density at radius 1 is 1.60 bits per heavy atom. The van der Waals surface area contributed by atoms with E-state index >= 15 is 0 Å². The number of aromatic carboxylic acids is 1. The average molecular weight is 150 g/mol. The van der Waals surface area contributed by atoms with Crippen LogP contribution in [0.25, 0.3) is 0 Å². The molecule has 0 saturated carbocycles. The van der Waals surface area contributed by atoms with Crippen LogP contribution < -0.4 is 24.0 Å². The molecular weight excluding hydrogens is 147 g/mol. The van der Waals surface area contributed by atoms with Crippen molar-refractivity contribution >= 4 is 17.3 Å². The number of hydrogen-bond acceptors (Lipinski definition) is 5. The maximum atomic E-state index is 10.0. The summed E-state index contributed by atoms with van der Waals surface area (Å²) in [6.07, 6.45) is 0. The topological polar surface area (TPSA) is 65.9 Å². The third kappa shape index (κ3) is 2.10. The smallest absolute Gasteiger partial charge is 0.542 e. The van der Waals surface area contributed by atoms with Gasteiger partial charge in [0.05, 0.1) is 0 Å². The molecule has 0 N–H and O–H groups in total. The van der Waals surface area contributed by atoms with Crippen molar-refractivity contribution in [1.82, 2.24) is 10.2 Å². The van der Waals surface area contributed by atoms with Gasteiger partial charge in [-0.15, -0.1) is 10.2 Å². The van der Waals surface area contributed by atoms with E-state index in [1.807, 2.05) is 0 Å². The molecule has 0 unspecified atom stereocenters. The minimum absolute atomic E-state index is 0. The zero-order valence-electron chi connectivity index (χ0n) is 5.62. The van der Waals surface area contributed by atoms with Crippen molar-refractivity contribution in [1.29, 1.82) is 0 Å². The van der Waals surface area contributed by atoms with Gasteiger partial charge in [0, 0.05) is 0 Å². The molecule has 0 aliphatic rings. The molecule has 0 aromatic carbocycles. The summed E-state index contributed by atoms with van der Waals surface area (Å²) in [6, 6.07) is 0. The standard InChI is InChI=1S/C4H4N2O2S.Li/c1-2-5-6-3(9-2)4(7)8;/h1H3,(H,7,8);/q;+1/p-1.